The molecule has 4 rings (SSSR count). The van der Waals surface area contributed by atoms with Crippen LogP contribution in [0.5, 0.6) is 0 Å². The quantitative estimate of drug-likeness (QED) is 0.208. The highest BCUT2D eigenvalue weighted by Gasteiger charge is 2.26. The Morgan fingerprint density at radius 1 is 0.971 bits per heavy atom. The Labute approximate surface area is 209 Å². The molecule has 0 aliphatic carbocycles. The minimum Gasteiger partial charge on any atom is -0.451 e. The lowest BCUT2D eigenvalue weighted by Gasteiger charge is -2.36. The van der Waals surface area contributed by atoms with Crippen molar-refractivity contribution in [2.75, 3.05) is 31.1 Å². The van der Waals surface area contributed by atoms with E-state index in [1.165, 1.54) is 18.2 Å². The van der Waals surface area contributed by atoms with E-state index in [2.05, 4.69) is 10.2 Å². The van der Waals surface area contributed by atoms with Crippen molar-refractivity contribution in [3.8, 4) is 0 Å². The van der Waals surface area contributed by atoms with Crippen LogP contribution in [0.1, 0.15) is 16.1 Å². The van der Waals surface area contributed by atoms with Crippen molar-refractivity contribution in [3.05, 3.63) is 97.6 Å². The summed E-state index contributed by atoms with van der Waals surface area (Å²) >= 11 is 2.03. The maximum absolute atomic E-state index is 13.3. The maximum Gasteiger partial charge on any atom is 0.270 e. The average Bonchev–Trinajstić information content (AvgIpc) is 3.28. The van der Waals surface area contributed by atoms with E-state index in [1.54, 1.807) is 53.4 Å². The molecule has 1 fully saturated rings. The molecular weight excluding hydrogens is 551 g/mol. The molecular formula is C24H21IN4O5. The molecule has 9 nitrogen and oxygen atoms in total. The molecule has 0 unspecified atom stereocenters. The van der Waals surface area contributed by atoms with Crippen molar-refractivity contribution >= 4 is 51.9 Å². The van der Waals surface area contributed by atoms with Crippen molar-refractivity contribution in [3.63, 3.8) is 0 Å². The molecule has 34 heavy (non-hydrogen) atoms. The molecule has 0 saturated carbocycles. The van der Waals surface area contributed by atoms with Gasteiger partial charge in [0.05, 0.1) is 4.92 Å². The number of hydrogen-bond donors (Lipinski definition) is 1. The number of benzene rings is 2. The molecule has 0 spiro atoms. The maximum atomic E-state index is 13.3. The van der Waals surface area contributed by atoms with Gasteiger partial charge in [0.2, 0.25) is 0 Å². The van der Waals surface area contributed by atoms with Crippen LogP contribution < -0.4 is 10.2 Å². The smallest absolute Gasteiger partial charge is 0.270 e. The monoisotopic (exact) mass is 572 g/mol. The normalized spacial score (nSPS) is 14.1. The van der Waals surface area contributed by atoms with Crippen LogP contribution in [-0.4, -0.2) is 47.8 Å². The summed E-state index contributed by atoms with van der Waals surface area (Å²) in [5.41, 5.74) is 1.46. The first-order chi connectivity index (χ1) is 16.4. The van der Waals surface area contributed by atoms with Crippen LogP contribution in [0.15, 0.2) is 76.8 Å². The van der Waals surface area contributed by atoms with Gasteiger partial charge in [-0.05, 0) is 59.0 Å². The van der Waals surface area contributed by atoms with E-state index in [0.29, 0.717) is 41.3 Å². The van der Waals surface area contributed by atoms with Crippen LogP contribution in [0.2, 0.25) is 0 Å². The Bertz CT molecular complexity index is 1220. The second-order valence-corrected chi connectivity index (χ2v) is 8.64. The first-order valence-corrected chi connectivity index (χ1v) is 11.6. The number of non-ortho nitro benzene ring substituents is 1. The topological polar surface area (TPSA) is 109 Å². The molecule has 0 bridgehead atoms. The number of nitrogens with one attached hydrogen (secondary N) is 1. The average molecular weight is 572 g/mol. The lowest BCUT2D eigenvalue weighted by molar-refractivity contribution is -0.384. The molecule has 1 aliphatic rings. The van der Waals surface area contributed by atoms with Crippen LogP contribution in [0.3, 0.4) is 0 Å². The highest BCUT2D eigenvalue weighted by Crippen LogP contribution is 2.21. The van der Waals surface area contributed by atoms with Crippen molar-refractivity contribution < 1.29 is 18.9 Å². The number of rotatable bonds is 6. The predicted molar refractivity (Wildman–Crippen MR) is 135 cm³/mol. The van der Waals surface area contributed by atoms with Gasteiger partial charge in [0.15, 0.2) is 3.77 Å². The van der Waals surface area contributed by atoms with E-state index in [9.17, 15) is 19.7 Å². The third-order valence-corrected chi connectivity index (χ3v) is 5.97. The van der Waals surface area contributed by atoms with Gasteiger partial charge in [-0.1, -0.05) is 18.2 Å². The summed E-state index contributed by atoms with van der Waals surface area (Å²) in [5.74, 6) is -0.226. The van der Waals surface area contributed by atoms with Crippen LogP contribution in [0.4, 0.5) is 11.4 Å². The third-order valence-electron chi connectivity index (χ3n) is 5.39. The molecule has 2 heterocycles. The van der Waals surface area contributed by atoms with Gasteiger partial charge < -0.3 is 19.5 Å². The number of nitro groups is 1. The first-order valence-electron chi connectivity index (χ1n) is 10.5. The molecule has 1 N–H and O–H groups in total. The van der Waals surface area contributed by atoms with Crippen molar-refractivity contribution in [1.82, 2.24) is 10.2 Å². The second kappa shape index (κ2) is 10.5. The number of piperazine rings is 1. The number of carbonyl (C=O) groups is 2. The van der Waals surface area contributed by atoms with Gasteiger partial charge in [0, 0.05) is 55.6 Å². The van der Waals surface area contributed by atoms with Gasteiger partial charge in [0.1, 0.15) is 11.5 Å². The minimum absolute atomic E-state index is 0.0362. The van der Waals surface area contributed by atoms with Crippen molar-refractivity contribution in [2.24, 2.45) is 0 Å². The van der Waals surface area contributed by atoms with Gasteiger partial charge in [-0.15, -0.1) is 0 Å². The summed E-state index contributed by atoms with van der Waals surface area (Å²) < 4.78 is 6.24. The zero-order valence-corrected chi connectivity index (χ0v) is 20.2. The second-order valence-electron chi connectivity index (χ2n) is 7.57. The van der Waals surface area contributed by atoms with Crippen molar-refractivity contribution in [2.45, 2.75) is 0 Å². The fraction of sp³-hybridized carbons (Fsp3) is 0.167. The zero-order valence-electron chi connectivity index (χ0n) is 18.0. The standard InChI is InChI=1S/C24H21IN4O5/c25-22-11-10-20(34-22)16-21(26-23(30)17-4-2-1-3-5-17)24(31)28-14-12-27(13-15-28)18-6-8-19(9-7-18)29(32)33/h1-11,16H,12-15H2,(H,26,30)/b21-16-. The van der Waals surface area contributed by atoms with Gasteiger partial charge >= 0.3 is 0 Å². The molecule has 1 aliphatic heterocycles. The van der Waals surface area contributed by atoms with Crippen LogP contribution in [-0.2, 0) is 4.79 Å². The van der Waals surface area contributed by atoms with Crippen molar-refractivity contribution in [1.29, 1.82) is 0 Å². The number of nitrogens with zero attached hydrogens (tertiary/aromatic N) is 3. The Morgan fingerprint density at radius 3 is 2.24 bits per heavy atom. The Balaban J connectivity index is 1.47. The Kier molecular flexibility index (Phi) is 7.26. The van der Waals surface area contributed by atoms with E-state index in [-0.39, 0.29) is 23.2 Å². The van der Waals surface area contributed by atoms with Crippen LogP contribution >= 0.6 is 22.6 Å². The number of halogens is 1. The zero-order chi connectivity index (χ0) is 24.1. The van der Waals surface area contributed by atoms with Crippen LogP contribution in [0.25, 0.3) is 6.08 Å². The summed E-state index contributed by atoms with van der Waals surface area (Å²) in [5, 5.41) is 13.6. The van der Waals surface area contributed by atoms with Gasteiger partial charge in [-0.2, -0.15) is 0 Å². The molecule has 0 atom stereocenters. The fourth-order valence-electron chi connectivity index (χ4n) is 3.61. The molecule has 2 aromatic carbocycles. The largest absolute Gasteiger partial charge is 0.451 e. The fourth-order valence-corrected chi connectivity index (χ4v) is 4.04. The molecule has 1 saturated heterocycles. The number of amides is 2. The highest BCUT2D eigenvalue weighted by molar-refractivity contribution is 14.1. The first kappa shape index (κ1) is 23.5. The molecule has 0 radical (unpaired) electrons. The number of nitro benzene ring substituents is 1. The predicted octanol–water partition coefficient (Wildman–Crippen LogP) is 3.91. The highest BCUT2D eigenvalue weighted by atomic mass is 127. The molecule has 2 amide bonds. The number of hydrogen-bond acceptors (Lipinski definition) is 6. The lowest BCUT2D eigenvalue weighted by Crippen LogP contribution is -2.50. The van der Waals surface area contributed by atoms with E-state index in [0.717, 1.165) is 5.69 Å². The number of carbonyl (C=O) groups excluding carboxylic acids is 2. The molecule has 3 aromatic rings. The molecule has 174 valence electrons. The summed E-state index contributed by atoms with van der Waals surface area (Å²) in [7, 11) is 0. The van der Waals surface area contributed by atoms with Gasteiger partial charge in [-0.25, -0.2) is 0 Å². The number of anilines is 1. The SMILES string of the molecule is O=C(N/C(=C\c1ccc(I)o1)C(=O)N1CCN(c2ccc([N+](=O)[O-])cc2)CC1)c1ccccc1. The third kappa shape index (κ3) is 5.63. The van der Waals surface area contributed by atoms with E-state index in [1.807, 2.05) is 28.7 Å². The van der Waals surface area contributed by atoms with E-state index < -0.39 is 4.92 Å². The Hall–Kier alpha value is -3.67. The van der Waals surface area contributed by atoms with E-state index >= 15 is 0 Å². The van der Waals surface area contributed by atoms with Gasteiger partial charge in [-0.3, -0.25) is 19.7 Å². The van der Waals surface area contributed by atoms with E-state index in [4.69, 9.17) is 4.42 Å². The Morgan fingerprint density at radius 2 is 1.65 bits per heavy atom. The summed E-state index contributed by atoms with van der Waals surface area (Å²) in [6, 6.07) is 18.5. The summed E-state index contributed by atoms with van der Waals surface area (Å²) in [6.45, 7) is 1.98. The molecule has 1 aromatic heterocycles. The molecule has 10 heteroatoms. The lowest BCUT2D eigenvalue weighted by atomic mass is 10.2. The van der Waals surface area contributed by atoms with Crippen LogP contribution in [0, 0.1) is 13.9 Å². The summed E-state index contributed by atoms with van der Waals surface area (Å²) in [4.78, 5) is 40.3. The number of furan rings is 1. The summed E-state index contributed by atoms with van der Waals surface area (Å²) in [6.07, 6.45) is 1.54. The van der Waals surface area contributed by atoms with Gasteiger partial charge in [0.25, 0.3) is 17.5 Å². The minimum atomic E-state index is -0.433.